The quantitative estimate of drug-likeness (QED) is 0.783. The zero-order chi connectivity index (χ0) is 14.2. The van der Waals surface area contributed by atoms with Crippen LogP contribution < -0.4 is 0 Å². The second-order valence-electron chi connectivity index (χ2n) is 6.38. The lowest BCUT2D eigenvalue weighted by Gasteiger charge is -2.46. The van der Waals surface area contributed by atoms with Gasteiger partial charge in [-0.1, -0.05) is 0 Å². The highest BCUT2D eigenvalue weighted by Crippen LogP contribution is 2.22. The molecule has 0 unspecified atom stereocenters. The number of carbonyl (C=O) groups excluding carboxylic acids is 1. The van der Waals surface area contributed by atoms with Gasteiger partial charge >= 0.3 is 6.09 Å². The maximum Gasteiger partial charge on any atom is 0.410 e. The van der Waals surface area contributed by atoms with Crippen LogP contribution in [0, 0.1) is 0 Å². The van der Waals surface area contributed by atoms with E-state index in [0.717, 1.165) is 0 Å². The summed E-state index contributed by atoms with van der Waals surface area (Å²) in [5.74, 6) is 0. The fraction of sp³-hybridized carbons (Fsp3) is 0.923. The van der Waals surface area contributed by atoms with Crippen molar-refractivity contribution < 1.29 is 19.4 Å². The van der Waals surface area contributed by atoms with Crippen LogP contribution in [0.15, 0.2) is 0 Å². The molecule has 0 aromatic carbocycles. The van der Waals surface area contributed by atoms with Crippen LogP contribution >= 0.6 is 0 Å². The van der Waals surface area contributed by atoms with Crippen molar-refractivity contribution in [2.75, 3.05) is 33.4 Å². The third-order valence-electron chi connectivity index (χ3n) is 3.63. The molecular formula is C13H24N2O4. The average Bonchev–Trinajstić information content (AvgIpc) is 2.58. The molecule has 19 heavy (non-hydrogen) atoms. The Balaban J connectivity index is 1.78. The molecule has 6 heteroatoms. The summed E-state index contributed by atoms with van der Waals surface area (Å²) in [6, 6.07) is 0.305. The van der Waals surface area contributed by atoms with Crippen molar-refractivity contribution in [2.24, 2.45) is 0 Å². The van der Waals surface area contributed by atoms with Gasteiger partial charge in [0.2, 0.25) is 0 Å². The fourth-order valence-electron chi connectivity index (χ4n) is 2.38. The minimum atomic E-state index is -0.455. The second kappa shape index (κ2) is 5.26. The molecule has 110 valence electrons. The Kier molecular flexibility index (Phi) is 4.03. The Morgan fingerprint density at radius 3 is 2.47 bits per heavy atom. The Morgan fingerprint density at radius 1 is 1.37 bits per heavy atom. The summed E-state index contributed by atoms with van der Waals surface area (Å²) in [4.78, 5) is 15.6. The molecule has 1 N–H and O–H groups in total. The topological polar surface area (TPSA) is 62.2 Å². The zero-order valence-electron chi connectivity index (χ0n) is 12.1. The first-order valence-electron chi connectivity index (χ1n) is 6.73. The van der Waals surface area contributed by atoms with Crippen molar-refractivity contribution >= 4 is 6.09 Å². The van der Waals surface area contributed by atoms with Gasteiger partial charge < -0.3 is 19.5 Å². The van der Waals surface area contributed by atoms with E-state index in [1.54, 1.807) is 4.90 Å². The van der Waals surface area contributed by atoms with Gasteiger partial charge in [-0.15, -0.1) is 0 Å². The number of nitrogens with zero attached hydrogens (tertiary/aromatic N) is 2. The molecule has 0 radical (unpaired) electrons. The van der Waals surface area contributed by atoms with Crippen molar-refractivity contribution in [1.82, 2.24) is 9.80 Å². The third kappa shape index (κ3) is 3.38. The summed E-state index contributed by atoms with van der Waals surface area (Å²) in [6.45, 7) is 7.84. The normalized spacial score (nSPS) is 28.6. The van der Waals surface area contributed by atoms with Crippen LogP contribution in [-0.2, 0) is 9.47 Å². The van der Waals surface area contributed by atoms with E-state index in [1.165, 1.54) is 0 Å². The molecule has 2 aliphatic heterocycles. The second-order valence-corrected chi connectivity index (χ2v) is 6.38. The largest absolute Gasteiger partial charge is 0.444 e. The van der Waals surface area contributed by atoms with Crippen LogP contribution in [-0.4, -0.2) is 78.1 Å². The van der Waals surface area contributed by atoms with Crippen molar-refractivity contribution in [3.63, 3.8) is 0 Å². The predicted octanol–water partition coefficient (Wildman–Crippen LogP) is 0.297. The number of amides is 1. The summed E-state index contributed by atoms with van der Waals surface area (Å²) >= 11 is 0. The van der Waals surface area contributed by atoms with E-state index < -0.39 is 11.7 Å². The SMILES string of the molecule is CN(C1CN(C(=O)OC(C)(C)C)C1)[C@@H]1COC[C@H]1O. The molecule has 0 aromatic heterocycles. The van der Waals surface area contributed by atoms with Crippen LogP contribution in [0.1, 0.15) is 20.8 Å². The number of likely N-dealkylation sites (N-methyl/N-ethyl adjacent to an activating group) is 1. The van der Waals surface area contributed by atoms with Gasteiger partial charge in [-0.25, -0.2) is 4.79 Å². The highest BCUT2D eigenvalue weighted by molar-refractivity contribution is 5.69. The van der Waals surface area contributed by atoms with Gasteiger partial charge in [-0.2, -0.15) is 0 Å². The van der Waals surface area contributed by atoms with E-state index in [2.05, 4.69) is 4.90 Å². The smallest absolute Gasteiger partial charge is 0.410 e. The van der Waals surface area contributed by atoms with E-state index >= 15 is 0 Å². The molecule has 0 saturated carbocycles. The highest BCUT2D eigenvalue weighted by atomic mass is 16.6. The molecule has 6 nitrogen and oxygen atoms in total. The minimum absolute atomic E-state index is 0.0331. The Hall–Kier alpha value is -0.850. The number of likely N-dealkylation sites (tertiary alicyclic amines) is 1. The number of hydrogen-bond donors (Lipinski definition) is 1. The fourth-order valence-corrected chi connectivity index (χ4v) is 2.38. The molecule has 2 heterocycles. The minimum Gasteiger partial charge on any atom is -0.444 e. The van der Waals surface area contributed by atoms with E-state index in [9.17, 15) is 9.90 Å². The molecule has 0 aliphatic carbocycles. The molecule has 2 atom stereocenters. The van der Waals surface area contributed by atoms with Gasteiger partial charge in [0.05, 0.1) is 25.4 Å². The third-order valence-corrected chi connectivity index (χ3v) is 3.63. The Bertz CT molecular complexity index is 336. The average molecular weight is 272 g/mol. The molecule has 2 rings (SSSR count). The van der Waals surface area contributed by atoms with Gasteiger partial charge in [0.1, 0.15) is 5.60 Å². The van der Waals surface area contributed by atoms with Crippen LogP contribution in [0.3, 0.4) is 0 Å². The maximum atomic E-state index is 11.8. The van der Waals surface area contributed by atoms with Crippen molar-refractivity contribution in [2.45, 2.75) is 44.6 Å². The van der Waals surface area contributed by atoms with Gasteiger partial charge in [0, 0.05) is 19.1 Å². The van der Waals surface area contributed by atoms with Gasteiger partial charge in [0.15, 0.2) is 0 Å². The van der Waals surface area contributed by atoms with Gasteiger partial charge in [-0.05, 0) is 27.8 Å². The summed E-state index contributed by atoms with van der Waals surface area (Å²) in [7, 11) is 1.97. The number of aliphatic hydroxyl groups is 1. The predicted molar refractivity (Wildman–Crippen MR) is 70.0 cm³/mol. The lowest BCUT2D eigenvalue weighted by atomic mass is 10.0. The van der Waals surface area contributed by atoms with Crippen LogP contribution in [0.4, 0.5) is 4.79 Å². The molecule has 2 fully saturated rings. The molecule has 0 bridgehead atoms. The van der Waals surface area contributed by atoms with E-state index in [-0.39, 0.29) is 18.2 Å². The standard InChI is InChI=1S/C13H24N2O4/c1-13(2,3)19-12(17)15-5-9(6-15)14(4)10-7-18-8-11(10)16/h9-11,16H,5-8H2,1-4H3/t10-,11-/m1/s1. The number of hydrogen-bond acceptors (Lipinski definition) is 5. The van der Waals surface area contributed by atoms with Gasteiger partial charge in [-0.3, -0.25) is 4.90 Å². The molecule has 0 aromatic rings. The number of rotatable bonds is 2. The first kappa shape index (κ1) is 14.6. The first-order chi connectivity index (χ1) is 8.78. The Labute approximate surface area is 114 Å². The summed E-state index contributed by atoms with van der Waals surface area (Å²) in [5, 5.41) is 9.78. The summed E-state index contributed by atoms with van der Waals surface area (Å²) < 4.78 is 10.6. The number of aliphatic hydroxyl groups excluding tert-OH is 1. The highest BCUT2D eigenvalue weighted by Gasteiger charge is 2.41. The van der Waals surface area contributed by atoms with Crippen LogP contribution in [0.5, 0.6) is 0 Å². The lowest BCUT2D eigenvalue weighted by molar-refractivity contribution is -0.0272. The van der Waals surface area contributed by atoms with E-state index in [1.807, 2.05) is 27.8 Å². The zero-order valence-corrected chi connectivity index (χ0v) is 12.1. The maximum absolute atomic E-state index is 11.8. The monoisotopic (exact) mass is 272 g/mol. The van der Waals surface area contributed by atoms with E-state index in [4.69, 9.17) is 9.47 Å². The summed E-state index contributed by atoms with van der Waals surface area (Å²) in [5.41, 5.74) is -0.455. The first-order valence-corrected chi connectivity index (χ1v) is 6.73. The molecular weight excluding hydrogens is 248 g/mol. The van der Waals surface area contributed by atoms with Crippen molar-refractivity contribution in [1.29, 1.82) is 0 Å². The number of ether oxygens (including phenoxy) is 2. The molecule has 2 aliphatic rings. The number of carbonyl (C=O) groups is 1. The molecule has 2 saturated heterocycles. The Morgan fingerprint density at radius 2 is 2.00 bits per heavy atom. The van der Waals surface area contributed by atoms with Crippen molar-refractivity contribution in [3.05, 3.63) is 0 Å². The van der Waals surface area contributed by atoms with Crippen molar-refractivity contribution in [3.8, 4) is 0 Å². The summed E-state index contributed by atoms with van der Waals surface area (Å²) in [6.07, 6.45) is -0.694. The molecule has 1 amide bonds. The van der Waals surface area contributed by atoms with E-state index in [0.29, 0.717) is 26.3 Å². The van der Waals surface area contributed by atoms with Crippen LogP contribution in [0.25, 0.3) is 0 Å². The molecule has 0 spiro atoms. The van der Waals surface area contributed by atoms with Crippen LogP contribution in [0.2, 0.25) is 0 Å². The van der Waals surface area contributed by atoms with Gasteiger partial charge in [0.25, 0.3) is 0 Å². The lowest BCUT2D eigenvalue weighted by Crippen LogP contribution is -2.63.